The van der Waals surface area contributed by atoms with Gasteiger partial charge in [-0.15, -0.1) is 0 Å². The second-order valence-electron chi connectivity index (χ2n) is 4.13. The molecule has 0 bridgehead atoms. The normalized spacial score (nSPS) is 11.4. The van der Waals surface area contributed by atoms with Crippen molar-refractivity contribution in [2.24, 2.45) is 0 Å². The number of hydrogen-bond donors (Lipinski definition) is 0. The average molecular weight is 234 g/mol. The first kappa shape index (κ1) is 10.8. The molecule has 3 aromatic rings. The standard InChI is InChI=1S/C16H14N2/c1-2-8-16-17-14-11-6-7-12-15(14)18(16)13-9-4-3-5-10-13/h2-12H,1H3/b8-2+. The third-order valence-electron chi connectivity index (χ3n) is 2.92. The van der Waals surface area contributed by atoms with E-state index < -0.39 is 0 Å². The highest BCUT2D eigenvalue weighted by molar-refractivity contribution is 5.80. The zero-order valence-corrected chi connectivity index (χ0v) is 10.2. The summed E-state index contributed by atoms with van der Waals surface area (Å²) in [6, 6.07) is 18.5. The Morgan fingerprint density at radius 3 is 2.44 bits per heavy atom. The molecule has 2 heteroatoms. The molecule has 0 spiro atoms. The van der Waals surface area contributed by atoms with Gasteiger partial charge >= 0.3 is 0 Å². The van der Waals surface area contributed by atoms with Crippen LogP contribution in [0.15, 0.2) is 60.7 Å². The van der Waals surface area contributed by atoms with E-state index in [1.54, 1.807) is 0 Å². The fourth-order valence-electron chi connectivity index (χ4n) is 2.15. The van der Waals surface area contributed by atoms with Crippen LogP contribution < -0.4 is 0 Å². The van der Waals surface area contributed by atoms with E-state index in [4.69, 9.17) is 0 Å². The first-order valence-electron chi connectivity index (χ1n) is 6.06. The van der Waals surface area contributed by atoms with Crippen molar-refractivity contribution < 1.29 is 0 Å². The number of allylic oxidation sites excluding steroid dienone is 1. The maximum atomic E-state index is 4.65. The molecule has 0 amide bonds. The number of nitrogens with zero attached hydrogens (tertiary/aromatic N) is 2. The Labute approximate surface area is 106 Å². The second-order valence-corrected chi connectivity index (χ2v) is 4.13. The second kappa shape index (κ2) is 4.49. The van der Waals surface area contributed by atoms with Crippen LogP contribution in [-0.4, -0.2) is 9.55 Å². The van der Waals surface area contributed by atoms with Gasteiger partial charge in [-0.05, 0) is 37.3 Å². The molecule has 0 aliphatic carbocycles. The molecule has 0 unspecified atom stereocenters. The minimum absolute atomic E-state index is 0.963. The van der Waals surface area contributed by atoms with Gasteiger partial charge in [0.2, 0.25) is 0 Å². The lowest BCUT2D eigenvalue weighted by Gasteiger charge is -2.06. The Kier molecular flexibility index (Phi) is 2.69. The first-order valence-corrected chi connectivity index (χ1v) is 6.06. The molecule has 1 heterocycles. The van der Waals surface area contributed by atoms with Crippen molar-refractivity contribution in [2.75, 3.05) is 0 Å². The summed E-state index contributed by atoms with van der Waals surface area (Å²) < 4.78 is 2.18. The summed E-state index contributed by atoms with van der Waals surface area (Å²) in [6.07, 6.45) is 4.05. The lowest BCUT2D eigenvalue weighted by Crippen LogP contribution is -1.96. The summed E-state index contributed by atoms with van der Waals surface area (Å²) >= 11 is 0. The van der Waals surface area contributed by atoms with Gasteiger partial charge in [-0.3, -0.25) is 4.57 Å². The molecule has 2 nitrogen and oxygen atoms in total. The van der Waals surface area contributed by atoms with Crippen LogP contribution in [0.5, 0.6) is 0 Å². The van der Waals surface area contributed by atoms with E-state index in [0.29, 0.717) is 0 Å². The van der Waals surface area contributed by atoms with Gasteiger partial charge in [0.25, 0.3) is 0 Å². The number of aromatic nitrogens is 2. The van der Waals surface area contributed by atoms with Crippen molar-refractivity contribution >= 4 is 17.1 Å². The summed E-state index contributed by atoms with van der Waals surface area (Å²) in [5.41, 5.74) is 3.30. The number of hydrogen-bond acceptors (Lipinski definition) is 1. The van der Waals surface area contributed by atoms with Crippen LogP contribution >= 0.6 is 0 Å². The van der Waals surface area contributed by atoms with Crippen molar-refractivity contribution in [1.29, 1.82) is 0 Å². The topological polar surface area (TPSA) is 17.8 Å². The number of imidazole rings is 1. The maximum absolute atomic E-state index is 4.65. The Hall–Kier alpha value is -2.35. The summed E-state index contributed by atoms with van der Waals surface area (Å²) in [4.78, 5) is 4.65. The molecule has 0 N–H and O–H groups in total. The number of benzene rings is 2. The Bertz CT molecular complexity index is 693. The zero-order chi connectivity index (χ0) is 12.4. The minimum atomic E-state index is 0.963. The van der Waals surface area contributed by atoms with E-state index in [9.17, 15) is 0 Å². The maximum Gasteiger partial charge on any atom is 0.138 e. The summed E-state index contributed by atoms with van der Waals surface area (Å²) in [7, 11) is 0. The van der Waals surface area contributed by atoms with E-state index in [-0.39, 0.29) is 0 Å². The van der Waals surface area contributed by atoms with Crippen LogP contribution in [0.25, 0.3) is 22.8 Å². The average Bonchev–Trinajstić information content (AvgIpc) is 2.78. The highest BCUT2D eigenvalue weighted by atomic mass is 15.1. The van der Waals surface area contributed by atoms with Gasteiger partial charge in [-0.1, -0.05) is 36.4 Å². The number of fused-ring (bicyclic) bond motifs is 1. The van der Waals surface area contributed by atoms with Crippen LogP contribution in [0.4, 0.5) is 0 Å². The molecule has 88 valence electrons. The van der Waals surface area contributed by atoms with E-state index in [0.717, 1.165) is 22.5 Å². The highest BCUT2D eigenvalue weighted by Crippen LogP contribution is 2.21. The molecule has 0 atom stereocenters. The Balaban J connectivity index is 2.35. The van der Waals surface area contributed by atoms with Crippen LogP contribution in [0.3, 0.4) is 0 Å². The molecule has 2 aromatic carbocycles. The predicted octanol–water partition coefficient (Wildman–Crippen LogP) is 4.06. The molecule has 0 fully saturated rings. The summed E-state index contributed by atoms with van der Waals surface area (Å²) in [5.74, 6) is 0.963. The SMILES string of the molecule is C/C=C/c1nc2ccccc2n1-c1ccccc1. The zero-order valence-electron chi connectivity index (χ0n) is 10.2. The molecule has 0 radical (unpaired) electrons. The lowest BCUT2D eigenvalue weighted by molar-refractivity contribution is 1.07. The highest BCUT2D eigenvalue weighted by Gasteiger charge is 2.08. The van der Waals surface area contributed by atoms with E-state index in [1.807, 2.05) is 55.5 Å². The van der Waals surface area contributed by atoms with Gasteiger partial charge in [-0.2, -0.15) is 0 Å². The molecular formula is C16H14N2. The van der Waals surface area contributed by atoms with E-state index >= 15 is 0 Å². The van der Waals surface area contributed by atoms with Gasteiger partial charge in [0.1, 0.15) is 5.82 Å². The Morgan fingerprint density at radius 2 is 1.67 bits per heavy atom. The fraction of sp³-hybridized carbons (Fsp3) is 0.0625. The number of para-hydroxylation sites is 3. The monoisotopic (exact) mass is 234 g/mol. The Morgan fingerprint density at radius 1 is 0.944 bits per heavy atom. The van der Waals surface area contributed by atoms with E-state index in [1.165, 1.54) is 0 Å². The van der Waals surface area contributed by atoms with Crippen LogP contribution in [-0.2, 0) is 0 Å². The van der Waals surface area contributed by atoms with Gasteiger partial charge in [0, 0.05) is 5.69 Å². The largest absolute Gasteiger partial charge is 0.293 e. The van der Waals surface area contributed by atoms with Crippen molar-refractivity contribution in [3.05, 3.63) is 66.5 Å². The summed E-state index contributed by atoms with van der Waals surface area (Å²) in [6.45, 7) is 2.01. The molecule has 18 heavy (non-hydrogen) atoms. The van der Waals surface area contributed by atoms with Crippen molar-refractivity contribution in [2.45, 2.75) is 6.92 Å². The third-order valence-corrected chi connectivity index (χ3v) is 2.92. The molecular weight excluding hydrogens is 220 g/mol. The fourth-order valence-corrected chi connectivity index (χ4v) is 2.15. The van der Waals surface area contributed by atoms with Crippen molar-refractivity contribution in [3.8, 4) is 5.69 Å². The lowest BCUT2D eigenvalue weighted by atomic mass is 10.3. The van der Waals surface area contributed by atoms with Gasteiger partial charge in [-0.25, -0.2) is 4.98 Å². The van der Waals surface area contributed by atoms with Gasteiger partial charge < -0.3 is 0 Å². The molecule has 0 saturated carbocycles. The first-order chi connectivity index (χ1) is 8.90. The third kappa shape index (κ3) is 1.72. The smallest absolute Gasteiger partial charge is 0.138 e. The van der Waals surface area contributed by atoms with Crippen molar-refractivity contribution in [3.63, 3.8) is 0 Å². The van der Waals surface area contributed by atoms with E-state index in [2.05, 4.69) is 27.8 Å². The van der Waals surface area contributed by atoms with Gasteiger partial charge in [0.15, 0.2) is 0 Å². The molecule has 0 aliphatic heterocycles. The predicted molar refractivity (Wildman–Crippen MR) is 75.8 cm³/mol. The molecule has 3 rings (SSSR count). The number of rotatable bonds is 2. The van der Waals surface area contributed by atoms with Gasteiger partial charge in [0.05, 0.1) is 11.0 Å². The van der Waals surface area contributed by atoms with Crippen LogP contribution in [0.1, 0.15) is 12.7 Å². The van der Waals surface area contributed by atoms with Crippen LogP contribution in [0, 0.1) is 0 Å². The quantitative estimate of drug-likeness (QED) is 0.654. The van der Waals surface area contributed by atoms with Crippen LogP contribution in [0.2, 0.25) is 0 Å². The molecule has 0 aliphatic rings. The molecule has 0 saturated heterocycles. The van der Waals surface area contributed by atoms with Crippen molar-refractivity contribution in [1.82, 2.24) is 9.55 Å². The summed E-state index contributed by atoms with van der Waals surface area (Å²) in [5, 5.41) is 0. The molecule has 1 aromatic heterocycles. The minimum Gasteiger partial charge on any atom is -0.293 e.